The summed E-state index contributed by atoms with van der Waals surface area (Å²) < 4.78 is 33.8. The van der Waals surface area contributed by atoms with E-state index in [-0.39, 0.29) is 32.7 Å². The quantitative estimate of drug-likeness (QED) is 0.656. The molecule has 1 atom stereocenters. The van der Waals surface area contributed by atoms with Crippen molar-refractivity contribution >= 4 is 55.0 Å². The summed E-state index contributed by atoms with van der Waals surface area (Å²) >= 11 is 15.1. The van der Waals surface area contributed by atoms with E-state index in [0.29, 0.717) is 11.2 Å². The third-order valence-electron chi connectivity index (χ3n) is 3.73. The molecule has 1 aliphatic rings. The van der Waals surface area contributed by atoms with Crippen molar-refractivity contribution in [3.05, 3.63) is 39.0 Å². The van der Waals surface area contributed by atoms with Crippen molar-refractivity contribution in [2.24, 2.45) is 0 Å². The van der Waals surface area contributed by atoms with Crippen LogP contribution in [0.2, 0.25) is 10.0 Å². The minimum Gasteiger partial charge on any atom is -0.473 e. The maximum Gasteiger partial charge on any atom is 0.264 e. The van der Waals surface area contributed by atoms with Crippen LogP contribution < -0.4 is 14.8 Å². The largest absolute Gasteiger partial charge is 0.473 e. The van der Waals surface area contributed by atoms with E-state index in [0.717, 1.165) is 19.4 Å². The van der Waals surface area contributed by atoms with Gasteiger partial charge in [0, 0.05) is 6.04 Å². The van der Waals surface area contributed by atoms with E-state index < -0.39 is 10.0 Å². The van der Waals surface area contributed by atoms with Crippen molar-refractivity contribution in [1.82, 2.24) is 15.3 Å². The van der Waals surface area contributed by atoms with Crippen molar-refractivity contribution in [3.63, 3.8) is 0 Å². The molecule has 11 heteroatoms. The van der Waals surface area contributed by atoms with Crippen LogP contribution in [0.3, 0.4) is 0 Å². The molecule has 1 unspecified atom stereocenters. The van der Waals surface area contributed by atoms with Gasteiger partial charge in [0.1, 0.15) is 16.1 Å². The molecule has 0 aliphatic carbocycles. The normalized spacial score (nSPS) is 17.3. The van der Waals surface area contributed by atoms with Crippen molar-refractivity contribution in [3.8, 4) is 5.88 Å². The van der Waals surface area contributed by atoms with E-state index in [1.54, 1.807) is 0 Å². The zero-order chi connectivity index (χ0) is 18.7. The monoisotopic (exact) mass is 480 g/mol. The second-order valence-corrected chi connectivity index (χ2v) is 8.86. The first kappa shape index (κ1) is 19.6. The summed E-state index contributed by atoms with van der Waals surface area (Å²) in [4.78, 5) is 8.08. The van der Waals surface area contributed by atoms with Gasteiger partial charge in [-0.2, -0.15) is 0 Å². The first-order chi connectivity index (χ1) is 12.4. The Hall–Kier alpha value is -1.13. The number of hydrogen-bond acceptors (Lipinski definition) is 6. The highest BCUT2D eigenvalue weighted by molar-refractivity contribution is 9.10. The molecule has 1 saturated heterocycles. The van der Waals surface area contributed by atoms with Crippen LogP contribution in [0.1, 0.15) is 12.8 Å². The van der Waals surface area contributed by atoms with Crippen LogP contribution in [-0.2, 0) is 10.0 Å². The van der Waals surface area contributed by atoms with Crippen LogP contribution in [0, 0.1) is 0 Å². The van der Waals surface area contributed by atoms with E-state index in [2.05, 4.69) is 35.9 Å². The number of halogens is 3. The lowest BCUT2D eigenvalue weighted by Gasteiger charge is -2.15. The molecule has 0 amide bonds. The SMILES string of the molecule is O=S(=O)(Nc1ncc(Br)nc1OCC1CCCN1)c1cccc(Cl)c1Cl. The Bertz CT molecular complexity index is 908. The lowest BCUT2D eigenvalue weighted by molar-refractivity contribution is 0.267. The highest BCUT2D eigenvalue weighted by atomic mass is 79.9. The Morgan fingerprint density at radius 1 is 1.38 bits per heavy atom. The molecule has 0 saturated carbocycles. The Morgan fingerprint density at radius 2 is 2.19 bits per heavy atom. The predicted molar refractivity (Wildman–Crippen MR) is 104 cm³/mol. The predicted octanol–water partition coefficient (Wildman–Crippen LogP) is 3.48. The smallest absolute Gasteiger partial charge is 0.264 e. The van der Waals surface area contributed by atoms with Gasteiger partial charge in [0.25, 0.3) is 15.9 Å². The molecule has 0 bridgehead atoms. The number of nitrogens with zero attached hydrogens (tertiary/aromatic N) is 2. The number of rotatable bonds is 6. The highest BCUT2D eigenvalue weighted by Gasteiger charge is 2.23. The van der Waals surface area contributed by atoms with Crippen LogP contribution in [0.5, 0.6) is 5.88 Å². The zero-order valence-corrected chi connectivity index (χ0v) is 17.3. The van der Waals surface area contributed by atoms with Crippen molar-refractivity contribution < 1.29 is 13.2 Å². The van der Waals surface area contributed by atoms with E-state index >= 15 is 0 Å². The fourth-order valence-electron chi connectivity index (χ4n) is 2.47. The summed E-state index contributed by atoms with van der Waals surface area (Å²) in [5.41, 5.74) is 0. The van der Waals surface area contributed by atoms with Gasteiger partial charge >= 0.3 is 0 Å². The van der Waals surface area contributed by atoms with Crippen LogP contribution in [0.25, 0.3) is 0 Å². The number of benzene rings is 1. The molecular weight excluding hydrogens is 467 g/mol. The third kappa shape index (κ3) is 4.58. The lowest BCUT2D eigenvalue weighted by atomic mass is 10.2. The topological polar surface area (TPSA) is 93.2 Å². The van der Waals surface area contributed by atoms with Crippen LogP contribution in [-0.4, -0.2) is 37.6 Å². The molecular formula is C15H15BrCl2N4O3S. The molecule has 26 heavy (non-hydrogen) atoms. The second-order valence-electron chi connectivity index (χ2n) is 5.61. The Labute approximate surface area is 169 Å². The molecule has 1 fully saturated rings. The highest BCUT2D eigenvalue weighted by Crippen LogP contribution is 2.31. The number of sulfonamides is 1. The molecule has 1 aromatic carbocycles. The van der Waals surface area contributed by atoms with Gasteiger partial charge in [-0.05, 0) is 47.4 Å². The van der Waals surface area contributed by atoms with Gasteiger partial charge in [0.2, 0.25) is 5.82 Å². The number of aromatic nitrogens is 2. The van der Waals surface area contributed by atoms with Crippen LogP contribution in [0.15, 0.2) is 33.9 Å². The van der Waals surface area contributed by atoms with Gasteiger partial charge in [-0.15, -0.1) is 0 Å². The van der Waals surface area contributed by atoms with E-state index in [4.69, 9.17) is 27.9 Å². The number of nitrogens with one attached hydrogen (secondary N) is 2. The summed E-state index contributed by atoms with van der Waals surface area (Å²) in [6.07, 6.45) is 3.43. The molecule has 3 rings (SSSR count). The average Bonchev–Trinajstić information content (AvgIpc) is 3.10. The summed E-state index contributed by atoms with van der Waals surface area (Å²) in [5, 5.41) is 3.37. The zero-order valence-electron chi connectivity index (χ0n) is 13.4. The van der Waals surface area contributed by atoms with E-state index in [1.807, 2.05) is 0 Å². The average molecular weight is 482 g/mol. The van der Waals surface area contributed by atoms with Crippen LogP contribution in [0.4, 0.5) is 5.82 Å². The third-order valence-corrected chi connectivity index (χ3v) is 6.43. The maximum absolute atomic E-state index is 12.7. The minimum atomic E-state index is -4.02. The number of ether oxygens (including phenoxy) is 1. The summed E-state index contributed by atoms with van der Waals surface area (Å²) in [5.74, 6) is 0.0528. The van der Waals surface area contributed by atoms with Crippen molar-refractivity contribution in [2.75, 3.05) is 17.9 Å². The summed E-state index contributed by atoms with van der Waals surface area (Å²) in [7, 11) is -4.02. The van der Waals surface area contributed by atoms with Gasteiger partial charge < -0.3 is 10.1 Å². The van der Waals surface area contributed by atoms with Gasteiger partial charge in [0.05, 0.1) is 16.2 Å². The van der Waals surface area contributed by atoms with Gasteiger partial charge in [-0.25, -0.2) is 18.4 Å². The van der Waals surface area contributed by atoms with E-state index in [9.17, 15) is 8.42 Å². The Morgan fingerprint density at radius 3 is 2.92 bits per heavy atom. The molecule has 0 radical (unpaired) electrons. The molecule has 2 heterocycles. The minimum absolute atomic E-state index is 0.0257. The maximum atomic E-state index is 12.7. The van der Waals surface area contributed by atoms with Crippen LogP contribution >= 0.6 is 39.1 Å². The van der Waals surface area contributed by atoms with Crippen molar-refractivity contribution in [2.45, 2.75) is 23.8 Å². The first-order valence-corrected chi connectivity index (χ1v) is 10.8. The molecule has 7 nitrogen and oxygen atoms in total. The number of hydrogen-bond donors (Lipinski definition) is 2. The molecule has 2 aromatic rings. The molecule has 2 N–H and O–H groups in total. The standard InChI is InChI=1S/C15H15BrCl2N4O3S/c16-12-7-20-14(15(21-12)25-8-9-3-2-6-19-9)22-26(23,24)11-5-1-4-10(17)13(11)18/h1,4-5,7,9,19H,2-3,6,8H2,(H,20,22). The van der Waals surface area contributed by atoms with E-state index in [1.165, 1.54) is 24.4 Å². The first-order valence-electron chi connectivity index (χ1n) is 7.72. The second kappa shape index (κ2) is 8.26. The van der Waals surface area contributed by atoms with Gasteiger partial charge in [-0.1, -0.05) is 29.3 Å². The lowest BCUT2D eigenvalue weighted by Crippen LogP contribution is -2.28. The Kier molecular flexibility index (Phi) is 6.24. The molecule has 1 aliphatic heterocycles. The van der Waals surface area contributed by atoms with Gasteiger partial charge in [0.15, 0.2) is 0 Å². The Balaban J connectivity index is 1.85. The molecule has 1 aromatic heterocycles. The molecule has 140 valence electrons. The number of anilines is 1. The van der Waals surface area contributed by atoms with Crippen molar-refractivity contribution in [1.29, 1.82) is 0 Å². The fraction of sp³-hybridized carbons (Fsp3) is 0.333. The summed E-state index contributed by atoms with van der Waals surface area (Å²) in [6, 6.07) is 4.55. The fourth-order valence-corrected chi connectivity index (χ4v) is 4.51. The molecule has 0 spiro atoms. The van der Waals surface area contributed by atoms with Gasteiger partial charge in [-0.3, -0.25) is 4.72 Å². The summed E-state index contributed by atoms with van der Waals surface area (Å²) in [6.45, 7) is 1.29.